The van der Waals surface area contributed by atoms with Crippen molar-refractivity contribution in [2.45, 2.75) is 44.6 Å². The van der Waals surface area contributed by atoms with Gasteiger partial charge in [0.1, 0.15) is 5.75 Å². The van der Waals surface area contributed by atoms with Crippen molar-refractivity contribution in [3.05, 3.63) is 78.5 Å². The number of carbonyl (C=O) groups is 1. The maximum absolute atomic E-state index is 12.9. The highest BCUT2D eigenvalue weighted by Gasteiger charge is 2.15. The van der Waals surface area contributed by atoms with Crippen LogP contribution < -0.4 is 4.74 Å². The summed E-state index contributed by atoms with van der Waals surface area (Å²) in [5, 5.41) is 2.12. The fourth-order valence-electron chi connectivity index (χ4n) is 4.44. The van der Waals surface area contributed by atoms with Gasteiger partial charge in [-0.15, -0.1) is 0 Å². The minimum Gasteiger partial charge on any atom is -0.490 e. The van der Waals surface area contributed by atoms with E-state index >= 15 is 0 Å². The maximum atomic E-state index is 12.9. The van der Waals surface area contributed by atoms with Crippen LogP contribution in [0.15, 0.2) is 67.3 Å². The number of carbonyl (C=O) groups excluding carboxylic acids is 1. The van der Waals surface area contributed by atoms with E-state index in [0.717, 1.165) is 46.3 Å². The van der Waals surface area contributed by atoms with E-state index in [4.69, 9.17) is 4.74 Å². The molecule has 0 radical (unpaired) electrons. The molecule has 2 aromatic carbocycles. The van der Waals surface area contributed by atoms with Crippen molar-refractivity contribution < 1.29 is 9.53 Å². The predicted molar refractivity (Wildman–Crippen MR) is 126 cm³/mol. The average molecular weight is 426 g/mol. The van der Waals surface area contributed by atoms with Gasteiger partial charge in [0.25, 0.3) is 0 Å². The molecule has 1 fully saturated rings. The molecule has 162 valence electrons. The normalized spacial score (nSPS) is 14.5. The Labute approximate surface area is 188 Å². The molecule has 2 aromatic heterocycles. The van der Waals surface area contributed by atoms with E-state index < -0.39 is 0 Å². The van der Waals surface area contributed by atoms with E-state index in [1.54, 1.807) is 6.33 Å². The standard InChI is InChI=1S/C27H27N3O2/c1-30-18-28-17-26(30)20-7-8-21-16-29-23(14-22(21)13-20)15-27(31)19-9-11-25(12-10-19)32-24-5-3-2-4-6-24/h7-14,16-18,24H,2-6,15H2,1H3. The molecule has 0 spiro atoms. The molecule has 1 saturated carbocycles. The Bertz CT molecular complexity index is 1240. The van der Waals surface area contributed by atoms with Crippen molar-refractivity contribution in [2.75, 3.05) is 0 Å². The topological polar surface area (TPSA) is 57.0 Å². The zero-order chi connectivity index (χ0) is 21.9. The molecule has 0 saturated heterocycles. The predicted octanol–water partition coefficient (Wildman–Crippen LogP) is 5.77. The van der Waals surface area contributed by atoms with E-state index in [-0.39, 0.29) is 12.2 Å². The third-order valence-corrected chi connectivity index (χ3v) is 6.26. The van der Waals surface area contributed by atoms with Gasteiger partial charge in [-0.05, 0) is 67.5 Å². The summed E-state index contributed by atoms with van der Waals surface area (Å²) < 4.78 is 8.07. The van der Waals surface area contributed by atoms with Crippen LogP contribution in [-0.4, -0.2) is 26.4 Å². The monoisotopic (exact) mass is 425 g/mol. The Morgan fingerprint density at radius 3 is 2.56 bits per heavy atom. The van der Waals surface area contributed by atoms with Gasteiger partial charge in [-0.25, -0.2) is 4.98 Å². The van der Waals surface area contributed by atoms with Crippen LogP contribution in [0.2, 0.25) is 0 Å². The van der Waals surface area contributed by atoms with Crippen LogP contribution in [-0.2, 0) is 13.5 Å². The molecule has 0 atom stereocenters. The number of rotatable bonds is 6. The molecule has 0 N–H and O–H groups in total. The van der Waals surface area contributed by atoms with Crippen molar-refractivity contribution in [1.29, 1.82) is 0 Å². The Morgan fingerprint density at radius 2 is 1.81 bits per heavy atom. The SMILES string of the molecule is Cn1cncc1-c1ccc2cnc(CC(=O)c3ccc(OC4CCCCC4)cc3)cc2c1. The number of ether oxygens (including phenoxy) is 1. The lowest BCUT2D eigenvalue weighted by molar-refractivity contribution is 0.0992. The zero-order valence-corrected chi connectivity index (χ0v) is 18.3. The molecule has 5 heteroatoms. The molecule has 4 aromatic rings. The number of fused-ring (bicyclic) bond motifs is 1. The van der Waals surface area contributed by atoms with Crippen LogP contribution in [0, 0.1) is 0 Å². The molecule has 0 bridgehead atoms. The van der Waals surface area contributed by atoms with Gasteiger partial charge in [0, 0.05) is 35.5 Å². The number of aromatic nitrogens is 3. The number of aryl methyl sites for hydroxylation is 1. The minimum atomic E-state index is 0.0591. The van der Waals surface area contributed by atoms with Crippen LogP contribution >= 0.6 is 0 Å². The summed E-state index contributed by atoms with van der Waals surface area (Å²) in [5.74, 6) is 0.906. The lowest BCUT2D eigenvalue weighted by Crippen LogP contribution is -2.19. The third-order valence-electron chi connectivity index (χ3n) is 6.26. The van der Waals surface area contributed by atoms with Gasteiger partial charge in [-0.1, -0.05) is 18.6 Å². The molecule has 0 amide bonds. The summed E-state index contributed by atoms with van der Waals surface area (Å²) in [6, 6.07) is 15.8. The fraction of sp³-hybridized carbons (Fsp3) is 0.296. The van der Waals surface area contributed by atoms with E-state index in [1.165, 1.54) is 19.3 Å². The molecule has 2 heterocycles. The molecule has 0 unspecified atom stereocenters. The van der Waals surface area contributed by atoms with Gasteiger partial charge in [-0.3, -0.25) is 9.78 Å². The van der Waals surface area contributed by atoms with E-state index in [2.05, 4.69) is 28.2 Å². The highest BCUT2D eigenvalue weighted by molar-refractivity contribution is 5.98. The molecule has 1 aliphatic carbocycles. The van der Waals surface area contributed by atoms with Crippen LogP contribution in [0.5, 0.6) is 5.75 Å². The second-order valence-corrected chi connectivity index (χ2v) is 8.63. The van der Waals surface area contributed by atoms with E-state index in [1.807, 2.05) is 54.3 Å². The molecular weight excluding hydrogens is 398 g/mol. The Balaban J connectivity index is 1.30. The summed E-state index contributed by atoms with van der Waals surface area (Å²) in [7, 11) is 1.98. The van der Waals surface area contributed by atoms with E-state index in [9.17, 15) is 4.79 Å². The first kappa shape index (κ1) is 20.4. The van der Waals surface area contributed by atoms with Gasteiger partial charge in [-0.2, -0.15) is 0 Å². The van der Waals surface area contributed by atoms with Crippen LogP contribution in [0.1, 0.15) is 48.2 Å². The minimum absolute atomic E-state index is 0.0591. The number of hydrogen-bond donors (Lipinski definition) is 0. The first-order valence-electron chi connectivity index (χ1n) is 11.3. The zero-order valence-electron chi connectivity index (χ0n) is 18.3. The van der Waals surface area contributed by atoms with Crippen LogP contribution in [0.3, 0.4) is 0 Å². The highest BCUT2D eigenvalue weighted by atomic mass is 16.5. The molecular formula is C27H27N3O2. The molecule has 32 heavy (non-hydrogen) atoms. The molecule has 0 aliphatic heterocycles. The van der Waals surface area contributed by atoms with Gasteiger partial charge in [0.15, 0.2) is 5.78 Å². The number of hydrogen-bond acceptors (Lipinski definition) is 4. The fourth-order valence-corrected chi connectivity index (χ4v) is 4.44. The average Bonchev–Trinajstić information content (AvgIpc) is 3.25. The maximum Gasteiger partial charge on any atom is 0.168 e. The molecule has 5 nitrogen and oxygen atoms in total. The van der Waals surface area contributed by atoms with Crippen molar-refractivity contribution in [3.63, 3.8) is 0 Å². The Hall–Kier alpha value is -3.47. The smallest absolute Gasteiger partial charge is 0.168 e. The van der Waals surface area contributed by atoms with Gasteiger partial charge >= 0.3 is 0 Å². The quantitative estimate of drug-likeness (QED) is 0.368. The Kier molecular flexibility index (Phi) is 5.71. The van der Waals surface area contributed by atoms with Gasteiger partial charge < -0.3 is 9.30 Å². The number of ketones is 1. The summed E-state index contributed by atoms with van der Waals surface area (Å²) in [5.41, 5.74) is 3.60. The molecule has 1 aliphatic rings. The summed E-state index contributed by atoms with van der Waals surface area (Å²) in [6.07, 6.45) is 12.1. The third kappa shape index (κ3) is 4.42. The first-order valence-corrected chi connectivity index (χ1v) is 11.3. The second kappa shape index (κ2) is 8.95. The number of pyridine rings is 1. The number of benzene rings is 2. The summed E-state index contributed by atoms with van der Waals surface area (Å²) in [6.45, 7) is 0. The van der Waals surface area contributed by atoms with E-state index in [0.29, 0.717) is 11.7 Å². The number of Topliss-reactive ketones (excluding diaryl/α,β-unsaturated/α-hetero) is 1. The number of imidazole rings is 1. The number of nitrogens with zero attached hydrogens (tertiary/aromatic N) is 3. The lowest BCUT2D eigenvalue weighted by Gasteiger charge is -2.23. The van der Waals surface area contributed by atoms with Crippen LogP contribution in [0.25, 0.3) is 22.0 Å². The first-order chi connectivity index (χ1) is 15.7. The van der Waals surface area contributed by atoms with Crippen molar-refractivity contribution in [3.8, 4) is 17.0 Å². The summed E-state index contributed by atoms with van der Waals surface area (Å²) in [4.78, 5) is 21.6. The van der Waals surface area contributed by atoms with Crippen molar-refractivity contribution in [1.82, 2.24) is 14.5 Å². The van der Waals surface area contributed by atoms with Crippen LogP contribution in [0.4, 0.5) is 0 Å². The summed E-state index contributed by atoms with van der Waals surface area (Å²) >= 11 is 0. The Morgan fingerprint density at radius 1 is 1.00 bits per heavy atom. The largest absolute Gasteiger partial charge is 0.490 e. The van der Waals surface area contributed by atoms with Crippen molar-refractivity contribution >= 4 is 16.6 Å². The lowest BCUT2D eigenvalue weighted by atomic mass is 9.98. The van der Waals surface area contributed by atoms with Crippen molar-refractivity contribution in [2.24, 2.45) is 7.05 Å². The second-order valence-electron chi connectivity index (χ2n) is 8.63. The van der Waals surface area contributed by atoms with Gasteiger partial charge in [0.2, 0.25) is 0 Å². The highest BCUT2D eigenvalue weighted by Crippen LogP contribution is 2.25. The van der Waals surface area contributed by atoms with Gasteiger partial charge in [0.05, 0.1) is 30.7 Å². The molecule has 5 rings (SSSR count).